The van der Waals surface area contributed by atoms with E-state index in [4.69, 9.17) is 10.2 Å². The molecule has 0 amide bonds. The van der Waals surface area contributed by atoms with Crippen LogP contribution < -0.4 is 24.8 Å². The molecule has 6 nitrogen and oxygen atoms in total. The van der Waals surface area contributed by atoms with E-state index >= 15 is 0 Å². The first-order valence-electron chi connectivity index (χ1n) is 15.6. The molecule has 4 aromatic heterocycles. The number of fused-ring (bicyclic) bond motifs is 3. The quantitative estimate of drug-likeness (QED) is 0.173. The number of hydrogen-bond acceptors (Lipinski definition) is 6. The van der Waals surface area contributed by atoms with Crippen LogP contribution in [-0.2, 0) is 32.3 Å². The zero-order chi connectivity index (χ0) is 31.6. The Morgan fingerprint density at radius 2 is 0.837 bits per heavy atom. The second-order valence-electron chi connectivity index (χ2n) is 11.1. The van der Waals surface area contributed by atoms with Gasteiger partial charge in [-0.3, -0.25) is 19.9 Å². The number of nitrogens with zero attached hydrogens (tertiary/aromatic N) is 4. The predicted octanol–water partition coefficient (Wildman–Crippen LogP) is 2.12. The Hall–Kier alpha value is -4.10. The van der Waals surface area contributed by atoms with E-state index in [-0.39, 0.29) is 57.5 Å². The van der Waals surface area contributed by atoms with Gasteiger partial charge in [0.15, 0.2) is 0 Å². The van der Waals surface area contributed by atoms with E-state index in [9.17, 15) is 0 Å². The van der Waals surface area contributed by atoms with Gasteiger partial charge in [0.2, 0.25) is 0 Å². The topological polar surface area (TPSA) is 92.0 Å². The zero-order valence-corrected chi connectivity index (χ0v) is 30.0. The van der Waals surface area contributed by atoms with E-state index in [0.29, 0.717) is 0 Å². The summed E-state index contributed by atoms with van der Waals surface area (Å²) in [5.74, 6) is 0. The van der Waals surface area contributed by atoms with Crippen molar-refractivity contribution in [3.8, 4) is 33.6 Å². The minimum absolute atomic E-state index is 0. The minimum atomic E-state index is 0. The summed E-state index contributed by atoms with van der Waals surface area (Å²) < 4.78 is 0. The van der Waals surface area contributed by atoms with Crippen LogP contribution in [0.4, 0.5) is 0 Å². The Kier molecular flexibility index (Phi) is 15.9. The van der Waals surface area contributed by atoms with Crippen molar-refractivity contribution in [2.75, 3.05) is 13.2 Å². The van der Waals surface area contributed by atoms with Gasteiger partial charge in [0, 0.05) is 48.8 Å². The number of aromatic nitrogens is 4. The first-order valence-corrected chi connectivity index (χ1v) is 15.6. The van der Waals surface area contributed by atoms with E-state index in [2.05, 4.69) is 92.7 Å². The van der Waals surface area contributed by atoms with Crippen LogP contribution in [-0.4, -0.2) is 43.4 Å². The number of hydrogen-bond donors (Lipinski definition) is 2. The Balaban J connectivity index is 0.000000259. The SMILES string of the molecule is OCCCc1ccnc(-c2cc(CCCO)ccn2)c1.[Cl-].[Cl-].[Ru+2].c1ccc(-c2ccnc3c2ccc2c(-c4ccccc4)ccnc23)cc1. The van der Waals surface area contributed by atoms with Crippen LogP contribution >= 0.6 is 0 Å². The molecule has 0 aliphatic rings. The van der Waals surface area contributed by atoms with Gasteiger partial charge < -0.3 is 35.0 Å². The molecule has 0 bridgehead atoms. The molecular weight excluding hydrogens is 740 g/mol. The summed E-state index contributed by atoms with van der Waals surface area (Å²) in [4.78, 5) is 18.1. The van der Waals surface area contributed by atoms with Gasteiger partial charge in [0.25, 0.3) is 0 Å². The Labute approximate surface area is 312 Å². The van der Waals surface area contributed by atoms with E-state index < -0.39 is 0 Å². The number of aliphatic hydroxyl groups excluding tert-OH is 2. The molecule has 7 aromatic rings. The van der Waals surface area contributed by atoms with E-state index in [0.717, 1.165) is 70.0 Å². The van der Waals surface area contributed by atoms with Crippen LogP contribution in [0.25, 0.3) is 55.4 Å². The number of benzene rings is 3. The average Bonchev–Trinajstić information content (AvgIpc) is 3.13. The second-order valence-corrected chi connectivity index (χ2v) is 11.1. The first-order chi connectivity index (χ1) is 22.7. The van der Waals surface area contributed by atoms with Crippen LogP contribution in [0.2, 0.25) is 0 Å². The van der Waals surface area contributed by atoms with Gasteiger partial charge in [-0.2, -0.15) is 0 Å². The van der Waals surface area contributed by atoms with Gasteiger partial charge in [0.1, 0.15) is 0 Å². The normalized spacial score (nSPS) is 10.2. The summed E-state index contributed by atoms with van der Waals surface area (Å²) in [5, 5.41) is 20.0. The van der Waals surface area contributed by atoms with Gasteiger partial charge in [0.05, 0.1) is 22.4 Å². The molecule has 0 atom stereocenters. The van der Waals surface area contributed by atoms with Crippen LogP contribution in [0.1, 0.15) is 24.0 Å². The molecule has 0 spiro atoms. The fourth-order valence-electron chi connectivity index (χ4n) is 5.67. The molecule has 49 heavy (non-hydrogen) atoms. The Morgan fingerprint density at radius 1 is 0.449 bits per heavy atom. The van der Waals surface area contributed by atoms with Gasteiger partial charge in [-0.05, 0) is 95.5 Å². The van der Waals surface area contributed by atoms with E-state index in [1.165, 1.54) is 22.3 Å². The average molecular weight is 777 g/mol. The van der Waals surface area contributed by atoms with Crippen molar-refractivity contribution < 1.29 is 54.5 Å². The molecule has 0 radical (unpaired) electrons. The molecule has 9 heteroatoms. The largest absolute Gasteiger partial charge is 2.00 e. The second kappa shape index (κ2) is 19.8. The third kappa shape index (κ3) is 9.75. The van der Waals surface area contributed by atoms with Crippen molar-refractivity contribution in [2.45, 2.75) is 25.7 Å². The third-order valence-electron chi connectivity index (χ3n) is 7.95. The van der Waals surface area contributed by atoms with Crippen LogP contribution in [0.5, 0.6) is 0 Å². The summed E-state index contributed by atoms with van der Waals surface area (Å²) in [7, 11) is 0. The van der Waals surface area contributed by atoms with Crippen molar-refractivity contribution in [1.82, 2.24) is 19.9 Å². The summed E-state index contributed by atoms with van der Waals surface area (Å²) >= 11 is 0. The van der Waals surface area contributed by atoms with Crippen molar-refractivity contribution in [3.05, 3.63) is 145 Å². The van der Waals surface area contributed by atoms with Gasteiger partial charge >= 0.3 is 19.5 Å². The van der Waals surface area contributed by atoms with Crippen molar-refractivity contribution >= 4 is 21.8 Å². The molecule has 0 fully saturated rings. The number of aliphatic hydroxyl groups is 2. The fourth-order valence-corrected chi connectivity index (χ4v) is 5.67. The maximum absolute atomic E-state index is 8.88. The van der Waals surface area contributed by atoms with Crippen molar-refractivity contribution in [1.29, 1.82) is 0 Å². The molecule has 7 rings (SSSR count). The maximum atomic E-state index is 8.88. The molecule has 4 heterocycles. The summed E-state index contributed by atoms with van der Waals surface area (Å²) in [5.41, 5.74) is 10.7. The standard InChI is InChI=1S/C24H16N2.C16H20N2O2.2ClH.Ru/c1-3-7-17(8-4-1)19-13-15-25-23-21(19)11-12-22-20(14-16-26-24(22)23)18-9-5-2-6-10-18;19-9-1-3-13-5-7-17-15(11-13)16-12-14(4-2-10-20)6-8-18-16;;;/h1-16H;5-8,11-12,19-20H,1-4,9-10H2;2*1H;/q;;;;+2/p-2. The smallest absolute Gasteiger partial charge is 1.00 e. The Bertz CT molecular complexity index is 1900. The summed E-state index contributed by atoms with van der Waals surface area (Å²) in [6.07, 6.45) is 10.5. The molecule has 0 saturated heterocycles. The first kappa shape index (κ1) is 39.3. The molecule has 0 saturated carbocycles. The summed E-state index contributed by atoms with van der Waals surface area (Å²) in [6, 6.07) is 37.3. The number of halogens is 2. The van der Waals surface area contributed by atoms with E-state index in [1.807, 2.05) is 48.8 Å². The Morgan fingerprint density at radius 3 is 1.22 bits per heavy atom. The fraction of sp³-hybridized carbons (Fsp3) is 0.150. The zero-order valence-electron chi connectivity index (χ0n) is 26.7. The number of pyridine rings is 4. The molecule has 0 unspecified atom stereocenters. The van der Waals surface area contributed by atoms with Gasteiger partial charge in [-0.25, -0.2) is 0 Å². The van der Waals surface area contributed by atoms with E-state index in [1.54, 1.807) is 12.4 Å². The molecule has 2 N–H and O–H groups in total. The van der Waals surface area contributed by atoms with Crippen molar-refractivity contribution in [2.24, 2.45) is 0 Å². The third-order valence-corrected chi connectivity index (χ3v) is 7.95. The molecule has 0 aliphatic heterocycles. The molecule has 3 aromatic carbocycles. The van der Waals surface area contributed by atoms with Crippen LogP contribution in [0.3, 0.4) is 0 Å². The van der Waals surface area contributed by atoms with Crippen LogP contribution in [0, 0.1) is 0 Å². The molecule has 250 valence electrons. The maximum Gasteiger partial charge on any atom is 2.00 e. The van der Waals surface area contributed by atoms with Gasteiger partial charge in [-0.1, -0.05) is 72.8 Å². The van der Waals surface area contributed by atoms with Crippen LogP contribution in [0.15, 0.2) is 134 Å². The summed E-state index contributed by atoms with van der Waals surface area (Å²) in [6.45, 7) is 0.402. The van der Waals surface area contributed by atoms with Crippen molar-refractivity contribution in [3.63, 3.8) is 0 Å². The monoisotopic (exact) mass is 776 g/mol. The molecule has 0 aliphatic carbocycles. The number of rotatable bonds is 9. The number of aryl methyl sites for hydroxylation is 2. The molecular formula is C40H36Cl2N4O2Ru. The van der Waals surface area contributed by atoms with Gasteiger partial charge in [-0.15, -0.1) is 0 Å². The predicted molar refractivity (Wildman–Crippen MR) is 186 cm³/mol. The minimum Gasteiger partial charge on any atom is -1.00 e.